The highest BCUT2D eigenvalue weighted by molar-refractivity contribution is 7.99. The van der Waals surface area contributed by atoms with Crippen LogP contribution in [0, 0.1) is 0 Å². The third kappa shape index (κ3) is 7.24. The monoisotopic (exact) mass is 521 g/mol. The van der Waals surface area contributed by atoms with E-state index < -0.39 is 11.7 Å². The molecule has 0 aliphatic carbocycles. The Morgan fingerprint density at radius 1 is 1.08 bits per heavy atom. The molecule has 36 heavy (non-hydrogen) atoms. The molecule has 4 rings (SSSR count). The van der Waals surface area contributed by atoms with Crippen LogP contribution in [0.3, 0.4) is 0 Å². The van der Waals surface area contributed by atoms with Gasteiger partial charge in [-0.2, -0.15) is 13.2 Å². The van der Waals surface area contributed by atoms with Crippen molar-refractivity contribution in [2.45, 2.75) is 36.9 Å². The SMILES string of the molecule is CN1CCN(Cc2cc(=O)c(OCCCCCSc3ccnc4cc(C(F)(F)F)ccc34)co2)CC1. The van der Waals surface area contributed by atoms with Crippen LogP contribution < -0.4 is 10.2 Å². The van der Waals surface area contributed by atoms with Gasteiger partial charge in [-0.15, -0.1) is 11.8 Å². The average Bonchev–Trinajstić information content (AvgIpc) is 2.85. The van der Waals surface area contributed by atoms with E-state index in [-0.39, 0.29) is 11.2 Å². The molecule has 1 aliphatic rings. The summed E-state index contributed by atoms with van der Waals surface area (Å²) < 4.78 is 50.1. The minimum absolute atomic E-state index is 0.167. The quantitative estimate of drug-likeness (QED) is 0.265. The molecule has 194 valence electrons. The van der Waals surface area contributed by atoms with Gasteiger partial charge in [-0.05, 0) is 50.3 Å². The van der Waals surface area contributed by atoms with E-state index in [9.17, 15) is 18.0 Å². The molecule has 0 unspecified atom stereocenters. The molecular weight excluding hydrogens is 491 g/mol. The predicted molar refractivity (Wildman–Crippen MR) is 135 cm³/mol. The second-order valence-electron chi connectivity index (χ2n) is 8.95. The first-order valence-electron chi connectivity index (χ1n) is 12.0. The number of unbranched alkanes of at least 4 members (excludes halogenated alkanes) is 2. The van der Waals surface area contributed by atoms with E-state index in [1.54, 1.807) is 18.0 Å². The van der Waals surface area contributed by atoms with Gasteiger partial charge in [0.2, 0.25) is 11.2 Å². The number of ether oxygens (including phenoxy) is 1. The molecule has 0 bridgehead atoms. The molecule has 0 saturated carbocycles. The topological polar surface area (TPSA) is 58.8 Å². The molecule has 0 spiro atoms. The molecule has 0 amide bonds. The average molecular weight is 522 g/mol. The smallest absolute Gasteiger partial charge is 0.416 e. The summed E-state index contributed by atoms with van der Waals surface area (Å²) in [7, 11) is 2.10. The van der Waals surface area contributed by atoms with E-state index in [4.69, 9.17) is 9.15 Å². The van der Waals surface area contributed by atoms with Crippen LogP contribution in [-0.2, 0) is 12.7 Å². The number of fused-ring (bicyclic) bond motifs is 1. The van der Waals surface area contributed by atoms with Gasteiger partial charge in [0.1, 0.15) is 12.0 Å². The largest absolute Gasteiger partial charge is 0.487 e. The first kappa shape index (κ1) is 26.5. The van der Waals surface area contributed by atoms with Gasteiger partial charge in [0.05, 0.1) is 24.2 Å². The Morgan fingerprint density at radius 2 is 1.89 bits per heavy atom. The van der Waals surface area contributed by atoms with Crippen molar-refractivity contribution in [2.24, 2.45) is 0 Å². The van der Waals surface area contributed by atoms with E-state index >= 15 is 0 Å². The van der Waals surface area contributed by atoms with Crippen molar-refractivity contribution in [3.05, 3.63) is 64.3 Å². The number of rotatable bonds is 10. The third-order valence-electron chi connectivity index (χ3n) is 6.16. The summed E-state index contributed by atoms with van der Waals surface area (Å²) in [5.74, 6) is 1.70. The number of benzene rings is 1. The molecular formula is C26H30F3N3O3S. The number of nitrogens with zero attached hydrogens (tertiary/aromatic N) is 3. The van der Waals surface area contributed by atoms with Crippen LogP contribution in [0.5, 0.6) is 5.75 Å². The molecule has 1 saturated heterocycles. The van der Waals surface area contributed by atoms with Gasteiger partial charge in [0.15, 0.2) is 0 Å². The highest BCUT2D eigenvalue weighted by Gasteiger charge is 2.30. The normalized spacial score (nSPS) is 15.4. The maximum absolute atomic E-state index is 12.9. The minimum atomic E-state index is -4.38. The van der Waals surface area contributed by atoms with E-state index in [0.717, 1.165) is 73.6 Å². The van der Waals surface area contributed by atoms with Gasteiger partial charge < -0.3 is 14.1 Å². The number of pyridine rings is 1. The molecule has 10 heteroatoms. The second-order valence-corrected chi connectivity index (χ2v) is 10.1. The van der Waals surface area contributed by atoms with Gasteiger partial charge in [0.25, 0.3) is 0 Å². The lowest BCUT2D eigenvalue weighted by atomic mass is 10.1. The molecule has 2 aromatic heterocycles. The van der Waals surface area contributed by atoms with Crippen molar-refractivity contribution >= 4 is 22.7 Å². The van der Waals surface area contributed by atoms with Crippen molar-refractivity contribution in [1.29, 1.82) is 0 Å². The van der Waals surface area contributed by atoms with Crippen molar-refractivity contribution < 1.29 is 22.3 Å². The Morgan fingerprint density at radius 3 is 2.64 bits per heavy atom. The summed E-state index contributed by atoms with van der Waals surface area (Å²) in [6, 6.07) is 7.02. The first-order valence-corrected chi connectivity index (χ1v) is 13.0. The number of aromatic nitrogens is 1. The van der Waals surface area contributed by atoms with Gasteiger partial charge in [-0.3, -0.25) is 14.7 Å². The van der Waals surface area contributed by atoms with Crippen molar-refractivity contribution in [3.8, 4) is 5.75 Å². The van der Waals surface area contributed by atoms with Crippen LogP contribution in [0.4, 0.5) is 13.2 Å². The van der Waals surface area contributed by atoms with Crippen molar-refractivity contribution in [3.63, 3.8) is 0 Å². The molecule has 0 radical (unpaired) electrons. The maximum atomic E-state index is 12.9. The second kappa shape index (κ2) is 12.1. The molecule has 0 atom stereocenters. The zero-order chi connectivity index (χ0) is 25.5. The van der Waals surface area contributed by atoms with Crippen LogP contribution in [0.1, 0.15) is 30.6 Å². The fourth-order valence-corrected chi connectivity index (χ4v) is 5.08. The van der Waals surface area contributed by atoms with Gasteiger partial charge in [-0.1, -0.05) is 6.07 Å². The Hall–Kier alpha value is -2.56. The Bertz CT molecular complexity index is 1210. The lowest BCUT2D eigenvalue weighted by molar-refractivity contribution is -0.137. The van der Waals surface area contributed by atoms with Gasteiger partial charge in [0, 0.05) is 48.7 Å². The summed E-state index contributed by atoms with van der Waals surface area (Å²) in [6.45, 7) is 4.96. The molecule has 0 N–H and O–H groups in total. The van der Waals surface area contributed by atoms with E-state index in [1.807, 2.05) is 6.07 Å². The van der Waals surface area contributed by atoms with E-state index in [2.05, 4.69) is 21.8 Å². The fourth-order valence-electron chi connectivity index (χ4n) is 4.02. The van der Waals surface area contributed by atoms with E-state index in [0.29, 0.717) is 24.4 Å². The summed E-state index contributed by atoms with van der Waals surface area (Å²) in [4.78, 5) is 21.9. The van der Waals surface area contributed by atoms with E-state index in [1.165, 1.54) is 18.4 Å². The molecule has 6 nitrogen and oxygen atoms in total. The minimum Gasteiger partial charge on any atom is -0.487 e. The van der Waals surface area contributed by atoms with Crippen LogP contribution in [0.15, 0.2) is 56.9 Å². The van der Waals surface area contributed by atoms with Gasteiger partial charge in [-0.25, -0.2) is 0 Å². The Balaban J connectivity index is 1.17. The number of hydrogen-bond donors (Lipinski definition) is 0. The molecule has 3 heterocycles. The summed E-state index contributed by atoms with van der Waals surface area (Å²) >= 11 is 1.60. The Kier molecular flexibility index (Phi) is 8.92. The molecule has 3 aromatic rings. The van der Waals surface area contributed by atoms with Gasteiger partial charge >= 0.3 is 6.18 Å². The van der Waals surface area contributed by atoms with Crippen molar-refractivity contribution in [1.82, 2.24) is 14.8 Å². The van der Waals surface area contributed by atoms with Crippen LogP contribution in [0.2, 0.25) is 0 Å². The summed E-state index contributed by atoms with van der Waals surface area (Å²) in [6.07, 6.45) is 1.17. The third-order valence-corrected chi connectivity index (χ3v) is 7.32. The zero-order valence-electron chi connectivity index (χ0n) is 20.2. The fraction of sp³-hybridized carbons (Fsp3) is 0.462. The number of hydrogen-bond acceptors (Lipinski definition) is 7. The van der Waals surface area contributed by atoms with Crippen molar-refractivity contribution in [2.75, 3.05) is 45.6 Å². The summed E-state index contributed by atoms with van der Waals surface area (Å²) in [5, 5.41) is 0.724. The standard InChI is InChI=1S/C26H30F3N3O3S/c1-31-9-11-32(12-10-31)17-20-16-23(33)24(18-35-20)34-13-3-2-4-14-36-25-7-8-30-22-15-19(26(27,28)29)5-6-21(22)25/h5-8,15-16,18H,2-4,9-14,17H2,1H3. The maximum Gasteiger partial charge on any atom is 0.416 e. The number of piperazine rings is 1. The number of thioether (sulfide) groups is 1. The lowest BCUT2D eigenvalue weighted by Crippen LogP contribution is -2.43. The van der Waals surface area contributed by atoms with Crippen LogP contribution >= 0.6 is 11.8 Å². The number of alkyl halides is 3. The highest BCUT2D eigenvalue weighted by Crippen LogP contribution is 2.34. The molecule has 1 aromatic carbocycles. The van der Waals surface area contributed by atoms with Crippen LogP contribution in [0.25, 0.3) is 10.9 Å². The number of halogens is 3. The predicted octanol–water partition coefficient (Wildman–Crippen LogP) is 5.30. The first-order chi connectivity index (χ1) is 17.3. The Labute approximate surface area is 212 Å². The summed E-state index contributed by atoms with van der Waals surface area (Å²) in [5.41, 5.74) is -0.515. The van der Waals surface area contributed by atoms with Crippen LogP contribution in [-0.4, -0.2) is 60.4 Å². The highest BCUT2D eigenvalue weighted by atomic mass is 32.2. The number of likely N-dealkylation sites (N-methyl/N-ethyl adjacent to an activating group) is 1. The zero-order valence-corrected chi connectivity index (χ0v) is 21.0. The lowest BCUT2D eigenvalue weighted by Gasteiger charge is -2.31. The molecule has 1 aliphatic heterocycles. The molecule has 1 fully saturated rings.